The second-order valence-electron chi connectivity index (χ2n) is 5.01. The van der Waals surface area contributed by atoms with Gasteiger partial charge in [0.2, 0.25) is 0 Å². The van der Waals surface area contributed by atoms with Gasteiger partial charge >= 0.3 is 5.97 Å². The first-order chi connectivity index (χ1) is 11.3. The zero-order valence-corrected chi connectivity index (χ0v) is 12.4. The van der Waals surface area contributed by atoms with Crippen LogP contribution in [0.4, 0.5) is 5.69 Å². The molecule has 0 aliphatic rings. The van der Waals surface area contributed by atoms with Gasteiger partial charge in [0.05, 0.1) is 17.0 Å². The van der Waals surface area contributed by atoms with Crippen LogP contribution in [0.25, 0.3) is 0 Å². The number of nitrogens with zero attached hydrogens (tertiary/aromatic N) is 1. The second-order valence-corrected chi connectivity index (χ2v) is 5.01. The molecule has 0 saturated carbocycles. The van der Waals surface area contributed by atoms with Crippen LogP contribution >= 0.6 is 0 Å². The molecule has 0 aliphatic carbocycles. The lowest BCUT2D eigenvalue weighted by molar-refractivity contribution is 0.0698. The zero-order valence-electron chi connectivity index (χ0n) is 12.4. The summed E-state index contributed by atoms with van der Waals surface area (Å²) < 4.78 is 0. The van der Waals surface area contributed by atoms with Crippen molar-refractivity contribution in [3.8, 4) is 0 Å². The molecule has 0 saturated heterocycles. The Labute approximate surface area is 134 Å². The normalized spacial score (nSPS) is 10.1. The zero-order chi connectivity index (χ0) is 16.1. The van der Waals surface area contributed by atoms with Gasteiger partial charge < -0.3 is 5.11 Å². The van der Waals surface area contributed by atoms with Gasteiger partial charge in [-0.15, -0.1) is 0 Å². The largest absolute Gasteiger partial charge is 0.478 e. The van der Waals surface area contributed by atoms with Crippen molar-refractivity contribution >= 4 is 17.4 Å². The number of hydrogen-bond acceptors (Lipinski definition) is 2. The van der Waals surface area contributed by atoms with E-state index in [1.54, 1.807) is 24.3 Å². The summed E-state index contributed by atoms with van der Waals surface area (Å²) in [5.74, 6) is -0.982. The quantitative estimate of drug-likeness (QED) is 0.718. The summed E-state index contributed by atoms with van der Waals surface area (Å²) in [5.41, 5.74) is 3.28. The molecular formula is C20H15NO2. The number of aromatic carboxylic acids is 1. The highest BCUT2D eigenvalue weighted by atomic mass is 16.4. The maximum absolute atomic E-state index is 11.4. The third kappa shape index (κ3) is 3.35. The van der Waals surface area contributed by atoms with Crippen LogP contribution in [0.1, 0.15) is 21.5 Å². The lowest BCUT2D eigenvalue weighted by Gasteiger charge is -2.09. The van der Waals surface area contributed by atoms with Crippen LogP contribution in [0.15, 0.2) is 89.9 Å². The van der Waals surface area contributed by atoms with E-state index in [-0.39, 0.29) is 5.56 Å². The van der Waals surface area contributed by atoms with Crippen molar-refractivity contribution in [2.75, 3.05) is 0 Å². The number of para-hydroxylation sites is 1. The summed E-state index contributed by atoms with van der Waals surface area (Å²) in [6.07, 6.45) is 0. The Bertz CT molecular complexity index is 798. The van der Waals surface area contributed by atoms with E-state index in [9.17, 15) is 9.90 Å². The average molecular weight is 301 g/mol. The van der Waals surface area contributed by atoms with Crippen molar-refractivity contribution in [2.45, 2.75) is 0 Å². The summed E-state index contributed by atoms with van der Waals surface area (Å²) >= 11 is 0. The molecule has 0 aromatic heterocycles. The maximum atomic E-state index is 11.4. The van der Waals surface area contributed by atoms with E-state index in [1.807, 2.05) is 60.7 Å². The SMILES string of the molecule is O=C(O)c1ccccc1N=C(c1ccccc1)c1ccccc1. The number of carbonyl (C=O) groups is 1. The van der Waals surface area contributed by atoms with Crippen LogP contribution in [0.5, 0.6) is 0 Å². The standard InChI is InChI=1S/C20H15NO2/c22-20(23)17-13-7-8-14-18(17)21-19(15-9-3-1-4-10-15)16-11-5-2-6-12-16/h1-14H,(H,22,23). The van der Waals surface area contributed by atoms with Crippen molar-refractivity contribution < 1.29 is 9.90 Å². The van der Waals surface area contributed by atoms with Crippen molar-refractivity contribution in [3.63, 3.8) is 0 Å². The first kappa shape index (κ1) is 14.7. The average Bonchev–Trinajstić information content (AvgIpc) is 2.61. The lowest BCUT2D eigenvalue weighted by Crippen LogP contribution is -2.04. The van der Waals surface area contributed by atoms with Gasteiger partial charge in [0, 0.05) is 11.1 Å². The van der Waals surface area contributed by atoms with Gasteiger partial charge in [0.25, 0.3) is 0 Å². The van der Waals surface area contributed by atoms with Crippen LogP contribution in [-0.2, 0) is 0 Å². The third-order valence-electron chi connectivity index (χ3n) is 3.46. The van der Waals surface area contributed by atoms with E-state index in [2.05, 4.69) is 4.99 Å². The van der Waals surface area contributed by atoms with Crippen LogP contribution in [0.2, 0.25) is 0 Å². The van der Waals surface area contributed by atoms with E-state index in [0.29, 0.717) is 5.69 Å². The fourth-order valence-electron chi connectivity index (χ4n) is 2.36. The Morgan fingerprint density at radius 2 is 1.17 bits per heavy atom. The molecule has 0 atom stereocenters. The summed E-state index contributed by atoms with van der Waals surface area (Å²) in [5, 5.41) is 9.35. The van der Waals surface area contributed by atoms with Gasteiger partial charge in [-0.05, 0) is 12.1 Å². The van der Waals surface area contributed by atoms with Gasteiger partial charge in [-0.2, -0.15) is 0 Å². The molecule has 0 amide bonds. The van der Waals surface area contributed by atoms with Gasteiger partial charge in [0.15, 0.2) is 0 Å². The van der Waals surface area contributed by atoms with E-state index < -0.39 is 5.97 Å². The molecule has 1 N–H and O–H groups in total. The molecule has 0 bridgehead atoms. The van der Waals surface area contributed by atoms with Crippen molar-refractivity contribution in [2.24, 2.45) is 4.99 Å². The van der Waals surface area contributed by atoms with Gasteiger partial charge in [-0.25, -0.2) is 9.79 Å². The molecule has 0 fully saturated rings. The highest BCUT2D eigenvalue weighted by Gasteiger charge is 2.11. The Hall–Kier alpha value is -3.20. The minimum atomic E-state index is -0.982. The van der Waals surface area contributed by atoms with Crippen LogP contribution in [0.3, 0.4) is 0 Å². The first-order valence-corrected chi connectivity index (χ1v) is 7.27. The Morgan fingerprint density at radius 3 is 1.70 bits per heavy atom. The molecule has 23 heavy (non-hydrogen) atoms. The summed E-state index contributed by atoms with van der Waals surface area (Å²) in [4.78, 5) is 16.1. The molecule has 3 aromatic rings. The molecule has 0 heterocycles. The topological polar surface area (TPSA) is 49.7 Å². The van der Waals surface area contributed by atoms with Gasteiger partial charge in [0.1, 0.15) is 0 Å². The number of carboxylic acid groups (broad SMARTS) is 1. The summed E-state index contributed by atoms with van der Waals surface area (Å²) in [6, 6.07) is 26.3. The van der Waals surface area contributed by atoms with Crippen LogP contribution in [0, 0.1) is 0 Å². The smallest absolute Gasteiger partial charge is 0.337 e. The predicted octanol–water partition coefficient (Wildman–Crippen LogP) is 4.55. The molecule has 0 spiro atoms. The molecular weight excluding hydrogens is 286 g/mol. The molecule has 0 unspecified atom stereocenters. The number of hydrogen-bond donors (Lipinski definition) is 1. The minimum absolute atomic E-state index is 0.192. The van der Waals surface area contributed by atoms with Crippen molar-refractivity contribution in [3.05, 3.63) is 102 Å². The Balaban J connectivity index is 2.19. The molecule has 0 radical (unpaired) electrons. The number of rotatable bonds is 4. The number of carboxylic acids is 1. The van der Waals surface area contributed by atoms with E-state index in [4.69, 9.17) is 0 Å². The number of benzene rings is 3. The maximum Gasteiger partial charge on any atom is 0.337 e. The molecule has 3 nitrogen and oxygen atoms in total. The summed E-state index contributed by atoms with van der Waals surface area (Å²) in [6.45, 7) is 0. The van der Waals surface area contributed by atoms with Crippen molar-refractivity contribution in [1.82, 2.24) is 0 Å². The van der Waals surface area contributed by atoms with Crippen molar-refractivity contribution in [1.29, 1.82) is 0 Å². The van der Waals surface area contributed by atoms with E-state index in [0.717, 1.165) is 16.8 Å². The summed E-state index contributed by atoms with van der Waals surface area (Å²) in [7, 11) is 0. The van der Waals surface area contributed by atoms with E-state index >= 15 is 0 Å². The minimum Gasteiger partial charge on any atom is -0.478 e. The molecule has 3 rings (SSSR count). The molecule has 0 aliphatic heterocycles. The second kappa shape index (κ2) is 6.71. The fraction of sp³-hybridized carbons (Fsp3) is 0. The molecule has 3 heteroatoms. The monoisotopic (exact) mass is 301 g/mol. The Kier molecular flexibility index (Phi) is 4.29. The highest BCUT2D eigenvalue weighted by molar-refractivity contribution is 6.14. The Morgan fingerprint density at radius 1 is 0.696 bits per heavy atom. The lowest BCUT2D eigenvalue weighted by atomic mass is 10.0. The molecule has 3 aromatic carbocycles. The number of aliphatic imine (C=N–C) groups is 1. The predicted molar refractivity (Wildman–Crippen MR) is 91.6 cm³/mol. The van der Waals surface area contributed by atoms with Crippen LogP contribution in [-0.4, -0.2) is 16.8 Å². The van der Waals surface area contributed by atoms with Crippen LogP contribution < -0.4 is 0 Å². The fourth-order valence-corrected chi connectivity index (χ4v) is 2.36. The van der Waals surface area contributed by atoms with E-state index in [1.165, 1.54) is 0 Å². The molecule has 112 valence electrons. The highest BCUT2D eigenvalue weighted by Crippen LogP contribution is 2.22. The first-order valence-electron chi connectivity index (χ1n) is 7.27. The van der Waals surface area contributed by atoms with Gasteiger partial charge in [-0.1, -0.05) is 72.8 Å². The third-order valence-corrected chi connectivity index (χ3v) is 3.46. The van der Waals surface area contributed by atoms with Gasteiger partial charge in [-0.3, -0.25) is 0 Å².